The van der Waals surface area contributed by atoms with Crippen LogP contribution in [-0.2, 0) is 0 Å². The third kappa shape index (κ3) is 44.5. The summed E-state index contributed by atoms with van der Waals surface area (Å²) in [5.74, 6) is 0. The summed E-state index contributed by atoms with van der Waals surface area (Å²) in [5.41, 5.74) is 0. The highest BCUT2D eigenvalue weighted by atomic mass is 35.5. The van der Waals surface area contributed by atoms with E-state index in [4.69, 9.17) is 0 Å². The van der Waals surface area contributed by atoms with Crippen molar-refractivity contribution in [2.75, 3.05) is 6.16 Å². The predicted octanol–water partition coefficient (Wildman–Crippen LogP) is 1.73. The van der Waals surface area contributed by atoms with E-state index >= 15 is 0 Å². The molecule has 0 aliphatic heterocycles. The summed E-state index contributed by atoms with van der Waals surface area (Å²) in [6.07, 6.45) is 1.17. The van der Waals surface area contributed by atoms with E-state index in [-0.39, 0.29) is 24.8 Å². The van der Waals surface area contributed by atoms with Crippen LogP contribution in [0.15, 0.2) is 0 Å². The highest BCUT2D eigenvalue weighted by Crippen LogP contribution is 1.68. The third-order valence-corrected chi connectivity index (χ3v) is 0. The number of hydrogen-bond acceptors (Lipinski definition) is 0. The van der Waals surface area contributed by atoms with Crippen LogP contribution in [0.4, 0.5) is 0 Å². The van der Waals surface area contributed by atoms with Gasteiger partial charge in [-0.1, -0.05) is 6.92 Å². The molecule has 0 nitrogen and oxygen atoms in total. The van der Waals surface area contributed by atoms with E-state index in [9.17, 15) is 0 Å². The SMILES string of the molecule is CCP.Cl.Cl. The van der Waals surface area contributed by atoms with Crippen LogP contribution in [0.1, 0.15) is 6.92 Å². The van der Waals surface area contributed by atoms with E-state index in [0.29, 0.717) is 0 Å². The van der Waals surface area contributed by atoms with Gasteiger partial charge in [0, 0.05) is 0 Å². The molecule has 0 heterocycles. The lowest BCUT2D eigenvalue weighted by molar-refractivity contribution is 1.53. The van der Waals surface area contributed by atoms with Crippen molar-refractivity contribution in [3.8, 4) is 0 Å². The van der Waals surface area contributed by atoms with Gasteiger partial charge in [0.1, 0.15) is 0 Å². The van der Waals surface area contributed by atoms with E-state index in [1.807, 2.05) is 0 Å². The maximum absolute atomic E-state index is 2.58. The minimum absolute atomic E-state index is 0. The second-order valence-corrected chi connectivity index (χ2v) is 1.22. The van der Waals surface area contributed by atoms with Gasteiger partial charge >= 0.3 is 0 Å². The van der Waals surface area contributed by atoms with Crippen molar-refractivity contribution in [1.82, 2.24) is 0 Å². The summed E-state index contributed by atoms with van der Waals surface area (Å²) in [7, 11) is 2.58. The Bertz CT molecular complexity index is 7.61. The largest absolute Gasteiger partial charge is 0.147 e. The van der Waals surface area contributed by atoms with Crippen molar-refractivity contribution in [2.24, 2.45) is 0 Å². The van der Waals surface area contributed by atoms with Gasteiger partial charge in [-0.3, -0.25) is 0 Å². The smallest absolute Gasteiger partial charge is 0.0410 e. The minimum Gasteiger partial charge on any atom is -0.147 e. The van der Waals surface area contributed by atoms with Gasteiger partial charge in [0.25, 0.3) is 0 Å². The van der Waals surface area contributed by atoms with Crippen LogP contribution in [0.3, 0.4) is 0 Å². The lowest BCUT2D eigenvalue weighted by atomic mass is 11.0. The molecule has 0 aliphatic carbocycles. The van der Waals surface area contributed by atoms with Crippen LogP contribution in [0.25, 0.3) is 0 Å². The molecule has 1 unspecified atom stereocenters. The van der Waals surface area contributed by atoms with E-state index < -0.39 is 0 Å². The lowest BCUT2D eigenvalue weighted by Gasteiger charge is -1.48. The average Bonchev–Trinajstić information content (AvgIpc) is 0.918. The van der Waals surface area contributed by atoms with Crippen molar-refractivity contribution < 1.29 is 0 Å². The molecular formula is C2H9Cl2P. The van der Waals surface area contributed by atoms with Gasteiger partial charge in [0.2, 0.25) is 0 Å². The molecule has 0 rings (SSSR count). The first kappa shape index (κ1) is 16.7. The Kier molecular flexibility index (Phi) is 66.4. The van der Waals surface area contributed by atoms with Crippen LogP contribution in [0.5, 0.6) is 0 Å². The van der Waals surface area contributed by atoms with Gasteiger partial charge in [0.05, 0.1) is 0 Å². The van der Waals surface area contributed by atoms with E-state index in [0.717, 1.165) is 0 Å². The Morgan fingerprint density at radius 3 is 1.40 bits per heavy atom. The molecule has 0 spiro atoms. The summed E-state index contributed by atoms with van der Waals surface area (Å²) >= 11 is 0. The number of hydrogen-bond donors (Lipinski definition) is 0. The average molecular weight is 135 g/mol. The van der Waals surface area contributed by atoms with Gasteiger partial charge in [-0.2, -0.15) is 0 Å². The van der Waals surface area contributed by atoms with Gasteiger partial charge in [-0.15, -0.1) is 34.1 Å². The topological polar surface area (TPSA) is 0 Å². The lowest BCUT2D eigenvalue weighted by Crippen LogP contribution is -1.33. The molecule has 0 N–H and O–H groups in total. The maximum atomic E-state index is 2.58. The number of rotatable bonds is 0. The molecule has 0 bridgehead atoms. The number of halogens is 2. The van der Waals surface area contributed by atoms with Crippen molar-refractivity contribution in [2.45, 2.75) is 6.92 Å². The quantitative estimate of drug-likeness (QED) is 0.443. The van der Waals surface area contributed by atoms with Crippen molar-refractivity contribution in [3.05, 3.63) is 0 Å². The molecule has 0 amide bonds. The summed E-state index contributed by atoms with van der Waals surface area (Å²) < 4.78 is 0. The highest BCUT2D eigenvalue weighted by Gasteiger charge is 1.35. The molecule has 0 radical (unpaired) electrons. The molecule has 3 heteroatoms. The molecule has 0 aromatic heterocycles. The molecule has 0 aromatic carbocycles. The summed E-state index contributed by atoms with van der Waals surface area (Å²) in [5, 5.41) is 0. The summed E-state index contributed by atoms with van der Waals surface area (Å²) in [6, 6.07) is 0. The predicted molar refractivity (Wildman–Crippen MR) is 34.7 cm³/mol. The Hall–Kier alpha value is 1.01. The molecule has 0 saturated carbocycles. The van der Waals surface area contributed by atoms with Crippen LogP contribution < -0.4 is 0 Å². The van der Waals surface area contributed by atoms with Crippen molar-refractivity contribution in [1.29, 1.82) is 0 Å². The van der Waals surface area contributed by atoms with E-state index in [1.165, 1.54) is 6.16 Å². The Morgan fingerprint density at radius 2 is 1.40 bits per heavy atom. The molecule has 0 fully saturated rings. The van der Waals surface area contributed by atoms with E-state index in [1.54, 1.807) is 0 Å². The molecule has 1 atom stereocenters. The van der Waals surface area contributed by atoms with Crippen LogP contribution in [0, 0.1) is 0 Å². The Labute approximate surface area is 47.7 Å². The van der Waals surface area contributed by atoms with Crippen LogP contribution in [-0.4, -0.2) is 6.16 Å². The Morgan fingerprint density at radius 1 is 1.40 bits per heavy atom. The summed E-state index contributed by atoms with van der Waals surface area (Å²) in [4.78, 5) is 0. The van der Waals surface area contributed by atoms with Crippen LogP contribution in [0.2, 0.25) is 0 Å². The highest BCUT2D eigenvalue weighted by molar-refractivity contribution is 7.16. The second-order valence-electron chi connectivity index (χ2n) is 0.408. The zero-order valence-corrected chi connectivity index (χ0v) is 5.89. The fourth-order valence-corrected chi connectivity index (χ4v) is 0. The molecule has 0 saturated heterocycles. The van der Waals surface area contributed by atoms with Gasteiger partial charge in [0.15, 0.2) is 0 Å². The normalized spacial score (nSPS) is 3.60. The van der Waals surface area contributed by atoms with Gasteiger partial charge < -0.3 is 0 Å². The van der Waals surface area contributed by atoms with Gasteiger partial charge in [-0.05, 0) is 6.16 Å². The monoisotopic (exact) mass is 134 g/mol. The van der Waals surface area contributed by atoms with E-state index in [2.05, 4.69) is 16.2 Å². The maximum Gasteiger partial charge on any atom is -0.0410 e. The molecule has 0 aromatic rings. The molecule has 5 heavy (non-hydrogen) atoms. The van der Waals surface area contributed by atoms with Gasteiger partial charge in [-0.25, -0.2) is 0 Å². The van der Waals surface area contributed by atoms with Crippen molar-refractivity contribution in [3.63, 3.8) is 0 Å². The first-order valence-corrected chi connectivity index (χ1v) is 1.93. The molecular weight excluding hydrogens is 126 g/mol. The fourth-order valence-electron chi connectivity index (χ4n) is 0. The Balaban J connectivity index is -0.0000000200. The minimum atomic E-state index is 0. The van der Waals surface area contributed by atoms with Crippen molar-refractivity contribution >= 4 is 34.1 Å². The first-order valence-electron chi connectivity index (χ1n) is 1.12. The molecule has 0 aliphatic rings. The fraction of sp³-hybridized carbons (Fsp3) is 1.00. The zero-order valence-electron chi connectivity index (χ0n) is 3.10. The molecule has 36 valence electrons. The second kappa shape index (κ2) is 19.9. The van der Waals surface area contributed by atoms with Crippen LogP contribution >= 0.6 is 34.1 Å². The third-order valence-electron chi connectivity index (χ3n) is 0. The first-order chi connectivity index (χ1) is 1.41. The standard InChI is InChI=1S/C2H7P.2ClH/c1-2-3;;/h2-3H2,1H3;2*1H. The summed E-state index contributed by atoms with van der Waals surface area (Å²) in [6.45, 7) is 2.09. The zero-order chi connectivity index (χ0) is 2.71.